The van der Waals surface area contributed by atoms with Crippen LogP contribution in [-0.4, -0.2) is 35.3 Å². The van der Waals surface area contributed by atoms with Crippen molar-refractivity contribution in [3.05, 3.63) is 17.7 Å². The van der Waals surface area contributed by atoms with Crippen molar-refractivity contribution in [3.63, 3.8) is 0 Å². The number of carbonyl (C=O) groups is 2. The number of rotatable bonds is 3. The number of aromatic nitrogens is 1. The van der Waals surface area contributed by atoms with Crippen molar-refractivity contribution in [2.45, 2.75) is 6.18 Å². The molecule has 1 aromatic carbocycles. The summed E-state index contributed by atoms with van der Waals surface area (Å²) in [5.41, 5.74) is 0.0710. The quantitative estimate of drug-likeness (QED) is 0.907. The molecule has 1 amide bonds. The van der Waals surface area contributed by atoms with Crippen LogP contribution in [-0.2, 0) is 4.79 Å². The zero-order chi connectivity index (χ0) is 15.8. The number of anilines is 1. The number of ether oxygens (including phenoxy) is 1. The van der Waals surface area contributed by atoms with Gasteiger partial charge in [-0.2, -0.15) is 13.2 Å². The maximum Gasteiger partial charge on any atom is 0.471 e. The molecule has 0 unspecified atom stereocenters. The molecule has 6 nitrogen and oxygen atoms in total. The summed E-state index contributed by atoms with van der Waals surface area (Å²) in [6, 6.07) is 2.50. The molecular formula is C11H7F3N2O4S. The first kappa shape index (κ1) is 15.0. The van der Waals surface area contributed by atoms with Gasteiger partial charge in [-0.15, -0.1) is 0 Å². The molecule has 2 rings (SSSR count). The van der Waals surface area contributed by atoms with Gasteiger partial charge in [0, 0.05) is 6.07 Å². The summed E-state index contributed by atoms with van der Waals surface area (Å²) in [4.78, 5) is 25.6. The molecule has 0 aliphatic carbocycles. The van der Waals surface area contributed by atoms with Crippen molar-refractivity contribution in [3.8, 4) is 5.75 Å². The Balaban J connectivity index is 2.42. The number of fused-ring (bicyclic) bond motifs is 1. The molecule has 10 heteroatoms. The number of carboxylic acids is 1. The first-order valence-electron chi connectivity index (χ1n) is 5.32. The lowest BCUT2D eigenvalue weighted by Crippen LogP contribution is -2.29. The molecule has 112 valence electrons. The molecule has 0 atom stereocenters. The molecule has 0 radical (unpaired) electrons. The normalized spacial score (nSPS) is 11.4. The third-order valence-corrected chi connectivity index (χ3v) is 3.35. The lowest BCUT2D eigenvalue weighted by Gasteiger charge is -2.03. The van der Waals surface area contributed by atoms with Gasteiger partial charge in [-0.25, -0.2) is 9.78 Å². The Morgan fingerprint density at radius 3 is 2.57 bits per heavy atom. The number of hydrogen-bond donors (Lipinski definition) is 2. The number of benzene rings is 1. The minimum absolute atomic E-state index is 0.0222. The summed E-state index contributed by atoms with van der Waals surface area (Å²) in [5.74, 6) is -3.37. The van der Waals surface area contributed by atoms with Gasteiger partial charge in [-0.3, -0.25) is 10.1 Å². The molecule has 21 heavy (non-hydrogen) atoms. The zero-order valence-corrected chi connectivity index (χ0v) is 11.1. The number of hydrogen-bond acceptors (Lipinski definition) is 5. The second kappa shape index (κ2) is 5.20. The Morgan fingerprint density at radius 2 is 2.05 bits per heavy atom. The van der Waals surface area contributed by atoms with Crippen LogP contribution in [0.2, 0.25) is 0 Å². The Kier molecular flexibility index (Phi) is 3.73. The van der Waals surface area contributed by atoms with Gasteiger partial charge in [0.1, 0.15) is 11.3 Å². The van der Waals surface area contributed by atoms with Crippen molar-refractivity contribution < 1.29 is 32.6 Å². The first-order valence-corrected chi connectivity index (χ1v) is 6.14. The summed E-state index contributed by atoms with van der Waals surface area (Å²) in [7, 11) is 1.26. The molecule has 0 saturated heterocycles. The van der Waals surface area contributed by atoms with E-state index in [1.807, 2.05) is 0 Å². The van der Waals surface area contributed by atoms with Crippen molar-refractivity contribution >= 4 is 38.6 Å². The number of carbonyl (C=O) groups excluding carboxylic acids is 1. The van der Waals surface area contributed by atoms with Gasteiger partial charge in [0.2, 0.25) is 0 Å². The summed E-state index contributed by atoms with van der Waals surface area (Å²) in [6.45, 7) is 0. The number of amides is 1. The Hall–Kier alpha value is -2.36. The van der Waals surface area contributed by atoms with Crippen molar-refractivity contribution in [2.24, 2.45) is 0 Å². The highest BCUT2D eigenvalue weighted by Crippen LogP contribution is 2.32. The smallest absolute Gasteiger partial charge is 0.471 e. The molecule has 0 saturated carbocycles. The van der Waals surface area contributed by atoms with Crippen LogP contribution in [0.3, 0.4) is 0 Å². The highest BCUT2D eigenvalue weighted by atomic mass is 32.1. The van der Waals surface area contributed by atoms with E-state index in [-0.39, 0.29) is 22.0 Å². The van der Waals surface area contributed by atoms with E-state index in [1.165, 1.54) is 19.2 Å². The number of nitrogens with zero attached hydrogens (tertiary/aromatic N) is 1. The Morgan fingerprint density at radius 1 is 1.38 bits per heavy atom. The van der Waals surface area contributed by atoms with Crippen LogP contribution in [0, 0.1) is 0 Å². The van der Waals surface area contributed by atoms with E-state index in [4.69, 9.17) is 9.84 Å². The van der Waals surface area contributed by atoms with Crippen LogP contribution in [0.5, 0.6) is 5.75 Å². The number of halogens is 3. The van der Waals surface area contributed by atoms with Crippen molar-refractivity contribution in [1.82, 2.24) is 4.98 Å². The number of alkyl halides is 3. The van der Waals surface area contributed by atoms with Crippen molar-refractivity contribution in [1.29, 1.82) is 0 Å². The number of thiazole rings is 1. The Bertz CT molecular complexity index is 726. The predicted octanol–water partition coefficient (Wildman–Crippen LogP) is 2.50. The van der Waals surface area contributed by atoms with E-state index in [2.05, 4.69) is 4.98 Å². The van der Waals surface area contributed by atoms with Crippen LogP contribution >= 0.6 is 11.3 Å². The van der Waals surface area contributed by atoms with Gasteiger partial charge in [0.05, 0.1) is 17.3 Å². The largest absolute Gasteiger partial charge is 0.496 e. The van der Waals surface area contributed by atoms with E-state index in [0.29, 0.717) is 4.70 Å². The molecule has 0 spiro atoms. The molecule has 0 aliphatic rings. The van der Waals surface area contributed by atoms with Crippen LogP contribution in [0.1, 0.15) is 10.4 Å². The maximum absolute atomic E-state index is 12.1. The summed E-state index contributed by atoms with van der Waals surface area (Å²) in [6.07, 6.45) is -5.03. The summed E-state index contributed by atoms with van der Waals surface area (Å²) >= 11 is 0.731. The van der Waals surface area contributed by atoms with Gasteiger partial charge >= 0.3 is 18.1 Å². The second-order valence-electron chi connectivity index (χ2n) is 3.80. The van der Waals surface area contributed by atoms with Gasteiger partial charge < -0.3 is 9.84 Å². The van der Waals surface area contributed by atoms with Gasteiger partial charge in [-0.05, 0) is 6.07 Å². The zero-order valence-electron chi connectivity index (χ0n) is 10.3. The van der Waals surface area contributed by atoms with Gasteiger partial charge in [-0.1, -0.05) is 11.3 Å². The fourth-order valence-electron chi connectivity index (χ4n) is 1.51. The van der Waals surface area contributed by atoms with Crippen LogP contribution in [0.15, 0.2) is 12.1 Å². The number of nitrogens with one attached hydrogen (secondary N) is 1. The van der Waals surface area contributed by atoms with Crippen LogP contribution in [0.25, 0.3) is 10.2 Å². The SMILES string of the molecule is COc1cc2nc(NC(=O)C(F)(F)F)sc2cc1C(=O)O. The third-order valence-electron chi connectivity index (χ3n) is 2.42. The molecule has 0 bridgehead atoms. The highest BCUT2D eigenvalue weighted by molar-refractivity contribution is 7.22. The highest BCUT2D eigenvalue weighted by Gasteiger charge is 2.39. The number of carboxylic acid groups (broad SMARTS) is 1. The molecule has 1 aromatic heterocycles. The molecule has 2 aromatic rings. The van der Waals surface area contributed by atoms with E-state index in [1.54, 1.807) is 5.32 Å². The van der Waals surface area contributed by atoms with Crippen LogP contribution < -0.4 is 10.1 Å². The molecule has 0 fully saturated rings. The van der Waals surface area contributed by atoms with E-state index in [0.717, 1.165) is 11.3 Å². The minimum atomic E-state index is -5.03. The molecule has 2 N–H and O–H groups in total. The third kappa shape index (κ3) is 3.05. The number of aromatic carboxylic acids is 1. The van der Waals surface area contributed by atoms with Crippen LogP contribution in [0.4, 0.5) is 18.3 Å². The number of methoxy groups -OCH3 is 1. The van der Waals surface area contributed by atoms with Gasteiger partial charge in [0.15, 0.2) is 5.13 Å². The van der Waals surface area contributed by atoms with E-state index >= 15 is 0 Å². The maximum atomic E-state index is 12.1. The molecular weight excluding hydrogens is 313 g/mol. The van der Waals surface area contributed by atoms with E-state index < -0.39 is 18.1 Å². The minimum Gasteiger partial charge on any atom is -0.496 e. The topological polar surface area (TPSA) is 88.5 Å². The fraction of sp³-hybridized carbons (Fsp3) is 0.182. The standard InChI is InChI=1S/C11H7F3N2O4S/c1-20-6-3-5-7(2-4(6)8(17)18)21-10(15-5)16-9(19)11(12,13)14/h2-3H,1H3,(H,17,18)(H,15,16,19). The Labute approximate surface area is 119 Å². The molecule has 0 aliphatic heterocycles. The fourth-order valence-corrected chi connectivity index (χ4v) is 2.39. The average molecular weight is 320 g/mol. The van der Waals surface area contributed by atoms with Gasteiger partial charge in [0.25, 0.3) is 0 Å². The summed E-state index contributed by atoms with van der Waals surface area (Å²) in [5, 5.41) is 10.3. The lowest BCUT2D eigenvalue weighted by atomic mass is 10.2. The second-order valence-corrected chi connectivity index (χ2v) is 4.83. The van der Waals surface area contributed by atoms with E-state index in [9.17, 15) is 22.8 Å². The first-order chi connectivity index (χ1) is 9.72. The predicted molar refractivity (Wildman–Crippen MR) is 67.8 cm³/mol. The monoisotopic (exact) mass is 320 g/mol. The van der Waals surface area contributed by atoms with Crippen molar-refractivity contribution in [2.75, 3.05) is 12.4 Å². The summed E-state index contributed by atoms with van der Waals surface area (Å²) < 4.78 is 41.6. The average Bonchev–Trinajstić information content (AvgIpc) is 2.76. The lowest BCUT2D eigenvalue weighted by molar-refractivity contribution is -0.167. The molecule has 1 heterocycles.